The average Bonchev–Trinajstić information content (AvgIpc) is 3.00. The number of aryl methyl sites for hydroxylation is 1. The summed E-state index contributed by atoms with van der Waals surface area (Å²) in [7, 11) is 1.50. The van der Waals surface area contributed by atoms with Gasteiger partial charge >= 0.3 is 6.03 Å². The lowest BCUT2D eigenvalue weighted by atomic mass is 10.1. The van der Waals surface area contributed by atoms with Crippen molar-refractivity contribution in [3.8, 4) is 0 Å². The second-order valence-corrected chi connectivity index (χ2v) is 6.80. The smallest absolute Gasteiger partial charge is 0.323 e. The minimum atomic E-state index is -1.20. The van der Waals surface area contributed by atoms with Crippen LogP contribution >= 0.6 is 11.6 Å². The zero-order valence-corrected chi connectivity index (χ0v) is 15.6. The summed E-state index contributed by atoms with van der Waals surface area (Å²) in [5.74, 6) is -2.87. The molecule has 1 saturated heterocycles. The Hall–Kier alpha value is -2.72. The Balaban J connectivity index is 1.68. The fourth-order valence-corrected chi connectivity index (χ4v) is 3.03. The van der Waals surface area contributed by atoms with Crippen LogP contribution in [0.25, 0.3) is 0 Å². The lowest BCUT2D eigenvalue weighted by molar-refractivity contribution is 0.0970. The van der Waals surface area contributed by atoms with Crippen molar-refractivity contribution in [2.24, 2.45) is 7.05 Å². The molecule has 2 heterocycles. The van der Waals surface area contributed by atoms with Gasteiger partial charge in [-0.15, -0.1) is 0 Å². The van der Waals surface area contributed by atoms with E-state index in [4.69, 9.17) is 11.6 Å². The molecule has 1 aliphatic rings. The molecule has 1 fully saturated rings. The summed E-state index contributed by atoms with van der Waals surface area (Å²) in [6.45, 7) is 0.841. The maximum atomic E-state index is 13.4. The van der Waals surface area contributed by atoms with Gasteiger partial charge in [0.05, 0.1) is 11.1 Å². The van der Waals surface area contributed by atoms with E-state index < -0.39 is 28.7 Å². The summed E-state index contributed by atoms with van der Waals surface area (Å²) in [6.07, 6.45) is 0.596. The normalized spacial score (nSPS) is 14.8. The predicted octanol–water partition coefficient (Wildman–Crippen LogP) is 2.59. The van der Waals surface area contributed by atoms with Gasteiger partial charge in [-0.25, -0.2) is 13.6 Å². The molecule has 11 heteroatoms. The number of rotatable bonds is 3. The summed E-state index contributed by atoms with van der Waals surface area (Å²) >= 11 is 5.57. The van der Waals surface area contributed by atoms with Crippen molar-refractivity contribution < 1.29 is 23.5 Å². The third kappa shape index (κ3) is 4.39. The van der Waals surface area contributed by atoms with E-state index in [0.29, 0.717) is 25.9 Å². The minimum absolute atomic E-state index is 0.0208. The maximum Gasteiger partial charge on any atom is 0.323 e. The van der Waals surface area contributed by atoms with Gasteiger partial charge in [0.15, 0.2) is 17.5 Å². The van der Waals surface area contributed by atoms with Crippen LogP contribution < -0.4 is 10.6 Å². The van der Waals surface area contributed by atoms with Gasteiger partial charge < -0.3 is 15.3 Å². The Morgan fingerprint density at radius 3 is 2.54 bits per heavy atom. The number of aliphatic hydroxyl groups excluding tert-OH is 1. The van der Waals surface area contributed by atoms with Crippen LogP contribution in [-0.2, 0) is 7.05 Å². The molecule has 1 aliphatic heterocycles. The number of piperidine rings is 1. The molecule has 0 bridgehead atoms. The predicted molar refractivity (Wildman–Crippen MR) is 98.4 cm³/mol. The van der Waals surface area contributed by atoms with Gasteiger partial charge in [0.2, 0.25) is 0 Å². The molecule has 0 unspecified atom stereocenters. The maximum absolute atomic E-state index is 13.4. The molecule has 0 saturated carbocycles. The van der Waals surface area contributed by atoms with Crippen LogP contribution in [-0.4, -0.2) is 50.9 Å². The van der Waals surface area contributed by atoms with E-state index in [1.807, 2.05) is 0 Å². The highest BCUT2D eigenvalue weighted by atomic mass is 35.5. The van der Waals surface area contributed by atoms with Crippen LogP contribution in [0.4, 0.5) is 25.1 Å². The van der Waals surface area contributed by atoms with Gasteiger partial charge in [0, 0.05) is 38.0 Å². The van der Waals surface area contributed by atoms with Gasteiger partial charge in [-0.1, -0.05) is 11.6 Å². The quantitative estimate of drug-likeness (QED) is 0.673. The number of nitrogens with zero attached hydrogens (tertiary/aromatic N) is 3. The van der Waals surface area contributed by atoms with Crippen molar-refractivity contribution in [3.63, 3.8) is 0 Å². The van der Waals surface area contributed by atoms with Crippen LogP contribution in [0.15, 0.2) is 18.2 Å². The number of amides is 3. The lowest BCUT2D eigenvalue weighted by Gasteiger charge is -2.29. The van der Waals surface area contributed by atoms with Crippen molar-refractivity contribution in [3.05, 3.63) is 40.6 Å². The molecular formula is C17H18ClF2N5O3. The molecule has 1 aromatic heterocycles. The van der Waals surface area contributed by atoms with Crippen molar-refractivity contribution in [2.75, 3.05) is 23.7 Å². The molecule has 1 aromatic carbocycles. The second-order valence-electron chi connectivity index (χ2n) is 6.39. The highest BCUT2D eigenvalue weighted by Gasteiger charge is 2.23. The van der Waals surface area contributed by atoms with E-state index in [2.05, 4.69) is 15.7 Å². The molecule has 2 aromatic rings. The van der Waals surface area contributed by atoms with Crippen LogP contribution in [0, 0.1) is 11.6 Å². The summed E-state index contributed by atoms with van der Waals surface area (Å²) in [4.78, 5) is 26.2. The zero-order valence-electron chi connectivity index (χ0n) is 14.9. The van der Waals surface area contributed by atoms with Crippen molar-refractivity contribution in [1.29, 1.82) is 0 Å². The summed E-state index contributed by atoms with van der Waals surface area (Å²) in [5, 5.41) is 18.1. The van der Waals surface area contributed by atoms with E-state index in [1.165, 1.54) is 17.8 Å². The highest BCUT2D eigenvalue weighted by Crippen LogP contribution is 2.23. The molecule has 3 amide bonds. The molecule has 0 spiro atoms. The van der Waals surface area contributed by atoms with E-state index in [9.17, 15) is 23.5 Å². The van der Waals surface area contributed by atoms with E-state index in [-0.39, 0.29) is 23.2 Å². The third-order valence-electron chi connectivity index (χ3n) is 4.34. The first-order valence-corrected chi connectivity index (χ1v) is 8.86. The number of aromatic nitrogens is 2. The van der Waals surface area contributed by atoms with Crippen molar-refractivity contribution >= 4 is 35.0 Å². The monoisotopic (exact) mass is 413 g/mol. The van der Waals surface area contributed by atoms with E-state index in [0.717, 1.165) is 12.1 Å². The Kier molecular flexibility index (Phi) is 5.80. The van der Waals surface area contributed by atoms with Crippen molar-refractivity contribution in [2.45, 2.75) is 18.9 Å². The fraction of sp³-hybridized carbons (Fsp3) is 0.353. The number of carbonyl (C=O) groups excluding carboxylic acids is 2. The molecule has 150 valence electrons. The second kappa shape index (κ2) is 8.11. The molecule has 0 radical (unpaired) electrons. The van der Waals surface area contributed by atoms with Crippen LogP contribution in [0.1, 0.15) is 23.3 Å². The first-order chi connectivity index (χ1) is 13.2. The number of halogens is 3. The Morgan fingerprint density at radius 2 is 1.89 bits per heavy atom. The number of urea groups is 1. The number of hydrogen-bond donors (Lipinski definition) is 3. The fourth-order valence-electron chi connectivity index (χ4n) is 2.82. The molecule has 0 aliphatic carbocycles. The van der Waals surface area contributed by atoms with Gasteiger partial charge in [0.25, 0.3) is 5.91 Å². The molecule has 3 N–H and O–H groups in total. The molecule has 3 rings (SSSR count). The molecular weight excluding hydrogens is 396 g/mol. The number of aliphatic hydroxyl groups is 1. The van der Waals surface area contributed by atoms with Crippen molar-refractivity contribution in [1.82, 2.24) is 14.7 Å². The minimum Gasteiger partial charge on any atom is -0.393 e. The number of carbonyl (C=O) groups is 2. The van der Waals surface area contributed by atoms with E-state index >= 15 is 0 Å². The first-order valence-electron chi connectivity index (χ1n) is 8.48. The number of hydrogen-bond acceptors (Lipinski definition) is 4. The van der Waals surface area contributed by atoms with Gasteiger partial charge in [-0.05, 0) is 18.9 Å². The highest BCUT2D eigenvalue weighted by molar-refractivity contribution is 6.31. The Morgan fingerprint density at radius 1 is 1.21 bits per heavy atom. The van der Waals surface area contributed by atoms with Crippen LogP contribution in [0.3, 0.4) is 0 Å². The Bertz CT molecular complexity index is 889. The summed E-state index contributed by atoms with van der Waals surface area (Å²) in [5.41, 5.74) is 0.0674. The summed E-state index contributed by atoms with van der Waals surface area (Å²) in [6, 6.07) is 2.86. The topological polar surface area (TPSA) is 99.5 Å². The van der Waals surface area contributed by atoms with E-state index in [1.54, 1.807) is 4.90 Å². The number of anilines is 2. The standard InChI is InChI=1S/C17H18ClF2N5O3/c1-24-13(16(27)21-9-6-11(18)15(20)12(19)7-9)8-14(23-24)22-17(28)25-4-2-10(26)3-5-25/h6-8,10,26H,2-5H2,1H3,(H,21,27)(H,22,23,28). The zero-order chi connectivity index (χ0) is 20.4. The number of nitrogens with one attached hydrogen (secondary N) is 2. The SMILES string of the molecule is Cn1nc(NC(=O)N2CCC(O)CC2)cc1C(=O)Nc1cc(F)c(F)c(Cl)c1. The molecule has 0 atom stereocenters. The van der Waals surface area contributed by atoms with Gasteiger partial charge in [-0.2, -0.15) is 5.10 Å². The van der Waals surface area contributed by atoms with Gasteiger partial charge in [0.1, 0.15) is 5.69 Å². The number of likely N-dealkylation sites (tertiary alicyclic amines) is 1. The molecule has 28 heavy (non-hydrogen) atoms. The van der Waals surface area contributed by atoms with Gasteiger partial charge in [-0.3, -0.25) is 14.8 Å². The molecule has 8 nitrogen and oxygen atoms in total. The third-order valence-corrected chi connectivity index (χ3v) is 4.62. The number of benzene rings is 1. The van der Waals surface area contributed by atoms with Crippen LogP contribution in [0.2, 0.25) is 5.02 Å². The average molecular weight is 414 g/mol. The van der Waals surface area contributed by atoms with Crippen LogP contribution in [0.5, 0.6) is 0 Å². The largest absolute Gasteiger partial charge is 0.393 e. The lowest BCUT2D eigenvalue weighted by Crippen LogP contribution is -2.42. The Labute approximate surface area is 164 Å². The first kappa shape index (κ1) is 20.0. The summed E-state index contributed by atoms with van der Waals surface area (Å²) < 4.78 is 27.9.